The van der Waals surface area contributed by atoms with Crippen LogP contribution in [0.4, 0.5) is 5.69 Å². The molecule has 2 heterocycles. The van der Waals surface area contributed by atoms with E-state index in [1.165, 1.54) is 23.1 Å². The molecule has 0 radical (unpaired) electrons. The molecule has 0 aliphatic heterocycles. The van der Waals surface area contributed by atoms with Gasteiger partial charge in [0.15, 0.2) is 5.69 Å². The molecule has 4 aromatic rings. The standard InChI is InChI=1S/C18H15N5O4S/c24-18(25)17-16-14(20-21-17)7-4-8-15(16)22-28(26,27)13-9-19-23(11-13)10-12-5-2-1-3-6-12/h1-9,11,22H,10H2,(H,20,21)(H,24,25). The van der Waals surface area contributed by atoms with Crippen LogP contribution in [-0.4, -0.2) is 39.5 Å². The summed E-state index contributed by atoms with van der Waals surface area (Å²) < 4.78 is 29.5. The summed E-state index contributed by atoms with van der Waals surface area (Å²) in [5.41, 5.74) is 1.27. The third-order valence-corrected chi connectivity index (χ3v) is 5.46. The van der Waals surface area contributed by atoms with E-state index >= 15 is 0 Å². The first-order valence-corrected chi connectivity index (χ1v) is 9.72. The van der Waals surface area contributed by atoms with Crippen molar-refractivity contribution >= 4 is 32.6 Å². The molecule has 0 aliphatic rings. The van der Waals surface area contributed by atoms with E-state index in [2.05, 4.69) is 20.0 Å². The predicted molar refractivity (Wildman–Crippen MR) is 102 cm³/mol. The lowest BCUT2D eigenvalue weighted by Crippen LogP contribution is -2.13. The lowest BCUT2D eigenvalue weighted by molar-refractivity contribution is 0.0692. The van der Waals surface area contributed by atoms with Crippen LogP contribution in [0.25, 0.3) is 10.9 Å². The average molecular weight is 397 g/mol. The van der Waals surface area contributed by atoms with Gasteiger partial charge in [0, 0.05) is 6.20 Å². The second-order valence-electron chi connectivity index (χ2n) is 6.07. The van der Waals surface area contributed by atoms with Gasteiger partial charge in [-0.3, -0.25) is 14.5 Å². The highest BCUT2D eigenvalue weighted by Gasteiger charge is 2.21. The maximum Gasteiger partial charge on any atom is 0.357 e. The van der Waals surface area contributed by atoms with Gasteiger partial charge in [-0.15, -0.1) is 0 Å². The van der Waals surface area contributed by atoms with Gasteiger partial charge in [0.25, 0.3) is 10.0 Å². The first-order valence-electron chi connectivity index (χ1n) is 8.23. The highest BCUT2D eigenvalue weighted by atomic mass is 32.2. The topological polar surface area (TPSA) is 130 Å². The zero-order valence-corrected chi connectivity index (χ0v) is 15.2. The molecule has 2 aromatic heterocycles. The number of fused-ring (bicyclic) bond motifs is 1. The van der Waals surface area contributed by atoms with Crippen LogP contribution in [0, 0.1) is 0 Å². The van der Waals surface area contributed by atoms with Gasteiger partial charge in [-0.25, -0.2) is 13.2 Å². The lowest BCUT2D eigenvalue weighted by Gasteiger charge is -2.08. The first-order chi connectivity index (χ1) is 13.4. The molecule has 2 aromatic carbocycles. The molecule has 0 fully saturated rings. The van der Waals surface area contributed by atoms with Crippen molar-refractivity contribution in [3.63, 3.8) is 0 Å². The highest BCUT2D eigenvalue weighted by molar-refractivity contribution is 7.92. The molecule has 0 spiro atoms. The van der Waals surface area contributed by atoms with Gasteiger partial charge in [0.05, 0.1) is 29.3 Å². The summed E-state index contributed by atoms with van der Waals surface area (Å²) in [7, 11) is -3.96. The number of aromatic carboxylic acids is 1. The number of aromatic amines is 1. The summed E-state index contributed by atoms with van der Waals surface area (Å²) in [5.74, 6) is -1.26. The van der Waals surface area contributed by atoms with Crippen LogP contribution in [0.1, 0.15) is 16.1 Å². The van der Waals surface area contributed by atoms with E-state index in [0.29, 0.717) is 12.1 Å². The van der Waals surface area contributed by atoms with Gasteiger partial charge < -0.3 is 5.11 Å². The molecule has 28 heavy (non-hydrogen) atoms. The quantitative estimate of drug-likeness (QED) is 0.458. The number of H-pyrrole nitrogens is 1. The summed E-state index contributed by atoms with van der Waals surface area (Å²) in [4.78, 5) is 11.3. The number of carboxylic acids is 1. The van der Waals surface area contributed by atoms with Crippen molar-refractivity contribution in [2.45, 2.75) is 11.4 Å². The zero-order chi connectivity index (χ0) is 19.7. The molecular formula is C18H15N5O4S. The van der Waals surface area contributed by atoms with Crippen LogP contribution in [0.3, 0.4) is 0 Å². The number of nitrogens with zero attached hydrogens (tertiary/aromatic N) is 3. The molecule has 9 nitrogen and oxygen atoms in total. The third-order valence-electron chi connectivity index (χ3n) is 4.14. The molecular weight excluding hydrogens is 382 g/mol. The normalized spacial score (nSPS) is 11.6. The summed E-state index contributed by atoms with van der Waals surface area (Å²) >= 11 is 0. The van der Waals surface area contributed by atoms with E-state index in [0.717, 1.165) is 5.56 Å². The van der Waals surface area contributed by atoms with Crippen LogP contribution in [0.15, 0.2) is 65.8 Å². The number of hydrogen-bond acceptors (Lipinski definition) is 5. The number of benzene rings is 2. The van der Waals surface area contributed by atoms with Gasteiger partial charge in [-0.1, -0.05) is 36.4 Å². The number of hydrogen-bond donors (Lipinski definition) is 3. The van der Waals surface area contributed by atoms with E-state index in [9.17, 15) is 18.3 Å². The van der Waals surface area contributed by atoms with Crippen molar-refractivity contribution in [1.82, 2.24) is 20.0 Å². The maximum absolute atomic E-state index is 12.8. The Balaban J connectivity index is 1.65. The van der Waals surface area contributed by atoms with Crippen LogP contribution in [0.2, 0.25) is 0 Å². The molecule has 4 rings (SSSR count). The molecule has 0 amide bonds. The molecule has 3 N–H and O–H groups in total. The Morgan fingerprint density at radius 3 is 2.68 bits per heavy atom. The van der Waals surface area contributed by atoms with Crippen molar-refractivity contribution < 1.29 is 18.3 Å². The predicted octanol–water partition coefficient (Wildman–Crippen LogP) is 2.31. The van der Waals surface area contributed by atoms with Gasteiger partial charge in [-0.05, 0) is 17.7 Å². The summed E-state index contributed by atoms with van der Waals surface area (Å²) in [5, 5.41) is 19.9. The lowest BCUT2D eigenvalue weighted by atomic mass is 10.2. The summed E-state index contributed by atoms with van der Waals surface area (Å²) in [6, 6.07) is 14.2. The van der Waals surface area contributed by atoms with Gasteiger partial charge >= 0.3 is 5.97 Å². The van der Waals surface area contributed by atoms with Crippen molar-refractivity contribution in [3.05, 3.63) is 72.2 Å². The van der Waals surface area contributed by atoms with E-state index in [-0.39, 0.29) is 21.7 Å². The smallest absolute Gasteiger partial charge is 0.357 e. The molecule has 0 aliphatic carbocycles. The van der Waals surface area contributed by atoms with E-state index in [1.807, 2.05) is 30.3 Å². The molecule has 10 heteroatoms. The molecule has 0 unspecified atom stereocenters. The van der Waals surface area contributed by atoms with Crippen molar-refractivity contribution in [1.29, 1.82) is 0 Å². The molecule has 142 valence electrons. The van der Waals surface area contributed by atoms with Gasteiger partial charge in [0.1, 0.15) is 4.90 Å². The number of carboxylic acid groups (broad SMARTS) is 1. The van der Waals surface area contributed by atoms with Crippen LogP contribution < -0.4 is 4.72 Å². The summed E-state index contributed by atoms with van der Waals surface area (Å²) in [6.07, 6.45) is 2.67. The Morgan fingerprint density at radius 2 is 1.93 bits per heavy atom. The minimum atomic E-state index is -3.96. The number of aromatic nitrogens is 4. The monoisotopic (exact) mass is 397 g/mol. The molecule has 0 bridgehead atoms. The Hall–Kier alpha value is -3.66. The SMILES string of the molecule is O=C(O)c1n[nH]c2cccc(NS(=O)(=O)c3cnn(Cc4ccccc4)c3)c12. The van der Waals surface area contributed by atoms with E-state index < -0.39 is 16.0 Å². The van der Waals surface area contributed by atoms with Gasteiger partial charge in [0.2, 0.25) is 0 Å². The number of nitrogens with one attached hydrogen (secondary N) is 2. The van der Waals surface area contributed by atoms with Crippen LogP contribution in [0.5, 0.6) is 0 Å². The third kappa shape index (κ3) is 3.32. The van der Waals surface area contributed by atoms with Crippen LogP contribution >= 0.6 is 0 Å². The van der Waals surface area contributed by atoms with Gasteiger partial charge in [-0.2, -0.15) is 10.2 Å². The Bertz CT molecular complexity index is 1260. The largest absolute Gasteiger partial charge is 0.476 e. The van der Waals surface area contributed by atoms with Crippen molar-refractivity contribution in [2.75, 3.05) is 4.72 Å². The fourth-order valence-electron chi connectivity index (χ4n) is 2.86. The number of rotatable bonds is 6. The fraction of sp³-hybridized carbons (Fsp3) is 0.0556. The Kier molecular flexibility index (Phi) is 4.32. The average Bonchev–Trinajstić information content (AvgIpc) is 3.30. The number of sulfonamides is 1. The van der Waals surface area contributed by atoms with Crippen LogP contribution in [-0.2, 0) is 16.6 Å². The highest BCUT2D eigenvalue weighted by Crippen LogP contribution is 2.27. The molecule has 0 atom stereocenters. The zero-order valence-electron chi connectivity index (χ0n) is 14.4. The minimum Gasteiger partial charge on any atom is -0.476 e. The maximum atomic E-state index is 12.8. The fourth-order valence-corrected chi connectivity index (χ4v) is 3.88. The van der Waals surface area contributed by atoms with E-state index in [1.54, 1.807) is 12.1 Å². The second-order valence-corrected chi connectivity index (χ2v) is 7.75. The number of anilines is 1. The molecule has 0 saturated heterocycles. The first kappa shape index (κ1) is 17.7. The van der Waals surface area contributed by atoms with Crippen molar-refractivity contribution in [2.24, 2.45) is 0 Å². The second kappa shape index (κ2) is 6.82. The Labute approximate surface area is 159 Å². The molecule has 0 saturated carbocycles. The summed E-state index contributed by atoms with van der Waals surface area (Å²) in [6.45, 7) is 0.427. The minimum absolute atomic E-state index is 0.0270. The van der Waals surface area contributed by atoms with Crippen molar-refractivity contribution in [3.8, 4) is 0 Å². The Morgan fingerprint density at radius 1 is 1.14 bits per heavy atom. The number of carbonyl (C=O) groups is 1. The van der Waals surface area contributed by atoms with E-state index in [4.69, 9.17) is 0 Å².